The molecule has 1 spiro atoms. The molecule has 5 rings (SSSR count). The normalized spacial score (nSPS) is 41.8. The molecule has 2 bridgehead atoms. The number of methoxy groups -OCH3 is 1. The van der Waals surface area contributed by atoms with Crippen molar-refractivity contribution >= 4 is 0 Å². The minimum Gasteiger partial charge on any atom is -0.493 e. The van der Waals surface area contributed by atoms with Gasteiger partial charge in [-0.05, 0) is 57.3 Å². The van der Waals surface area contributed by atoms with E-state index in [1.165, 1.54) is 11.1 Å². The van der Waals surface area contributed by atoms with Crippen LogP contribution in [-0.4, -0.2) is 48.5 Å². The van der Waals surface area contributed by atoms with E-state index in [2.05, 4.69) is 18.0 Å². The van der Waals surface area contributed by atoms with Gasteiger partial charge in [0.05, 0.1) is 18.1 Å². The minimum atomic E-state index is -0.659. The van der Waals surface area contributed by atoms with E-state index >= 15 is 0 Å². The Kier molecular flexibility index (Phi) is 2.39. The van der Waals surface area contributed by atoms with Crippen LogP contribution in [0.2, 0.25) is 0 Å². The number of rotatable bonds is 1. The van der Waals surface area contributed by atoms with Gasteiger partial charge in [-0.15, -0.1) is 0 Å². The number of hydrogen-bond acceptors (Lipinski definition) is 4. The number of ether oxygens (including phenoxy) is 2. The molecule has 4 atom stereocenters. The molecule has 1 aromatic carbocycles. The number of piperidine rings is 1. The standard InChI is InChI=1S/C18H23NO3/c1-19-9-8-17-14-4-3-7-18(17,20)13(19)10-11-5-6-12(21-2)16(22-14)15(11)17/h5-6,13-14,20H,3-4,7-10H2,1-2H3/t13-,14+,17?,18?/m0/s1. The summed E-state index contributed by atoms with van der Waals surface area (Å²) < 4.78 is 11.9. The van der Waals surface area contributed by atoms with Crippen LogP contribution in [-0.2, 0) is 11.8 Å². The zero-order valence-electron chi connectivity index (χ0n) is 13.3. The Labute approximate surface area is 131 Å². The highest BCUT2D eigenvalue weighted by atomic mass is 16.5. The zero-order chi connectivity index (χ0) is 15.1. The third-order valence-corrected chi connectivity index (χ3v) is 6.84. The number of benzene rings is 1. The molecule has 1 saturated heterocycles. The first kappa shape index (κ1) is 13.2. The van der Waals surface area contributed by atoms with Crippen molar-refractivity contribution in [3.63, 3.8) is 0 Å². The van der Waals surface area contributed by atoms with Gasteiger partial charge in [-0.2, -0.15) is 0 Å². The predicted molar refractivity (Wildman–Crippen MR) is 82.6 cm³/mol. The summed E-state index contributed by atoms with van der Waals surface area (Å²) in [7, 11) is 3.86. The van der Waals surface area contributed by atoms with E-state index < -0.39 is 5.60 Å². The summed E-state index contributed by atoms with van der Waals surface area (Å²) in [5.74, 6) is 1.73. The molecule has 2 aliphatic heterocycles. The van der Waals surface area contributed by atoms with Gasteiger partial charge in [-0.3, -0.25) is 0 Å². The van der Waals surface area contributed by atoms with Crippen molar-refractivity contribution in [2.45, 2.75) is 55.3 Å². The molecule has 2 aliphatic carbocycles. The van der Waals surface area contributed by atoms with Gasteiger partial charge in [0.25, 0.3) is 0 Å². The number of likely N-dealkylation sites (N-methyl/N-ethyl adjacent to an activating group) is 1. The number of aliphatic hydroxyl groups is 1. The number of likely N-dealkylation sites (tertiary alicyclic amines) is 1. The molecule has 118 valence electrons. The Balaban J connectivity index is 1.84. The van der Waals surface area contributed by atoms with E-state index in [1.807, 2.05) is 6.07 Å². The minimum absolute atomic E-state index is 0.104. The maximum Gasteiger partial charge on any atom is 0.165 e. The van der Waals surface area contributed by atoms with E-state index in [0.717, 1.165) is 50.1 Å². The van der Waals surface area contributed by atoms with Gasteiger partial charge in [0.1, 0.15) is 6.10 Å². The van der Waals surface area contributed by atoms with E-state index in [9.17, 15) is 5.11 Å². The molecule has 4 heteroatoms. The third kappa shape index (κ3) is 1.21. The van der Waals surface area contributed by atoms with Crippen LogP contribution in [0.15, 0.2) is 12.1 Å². The molecular weight excluding hydrogens is 278 g/mol. The van der Waals surface area contributed by atoms with Gasteiger partial charge in [-0.1, -0.05) is 6.07 Å². The zero-order valence-corrected chi connectivity index (χ0v) is 13.3. The van der Waals surface area contributed by atoms with Crippen molar-refractivity contribution in [1.29, 1.82) is 0 Å². The largest absolute Gasteiger partial charge is 0.493 e. The average Bonchev–Trinajstić information content (AvgIpc) is 2.85. The molecule has 2 heterocycles. The first-order chi connectivity index (χ1) is 10.6. The number of nitrogens with zero attached hydrogens (tertiary/aromatic N) is 1. The summed E-state index contributed by atoms with van der Waals surface area (Å²) in [6.45, 7) is 1.03. The van der Waals surface area contributed by atoms with Gasteiger partial charge in [0.15, 0.2) is 11.5 Å². The Hall–Kier alpha value is -1.26. The molecule has 0 radical (unpaired) electrons. The van der Waals surface area contributed by atoms with Crippen molar-refractivity contribution in [2.24, 2.45) is 0 Å². The van der Waals surface area contributed by atoms with Gasteiger partial charge < -0.3 is 19.5 Å². The maximum atomic E-state index is 11.8. The Morgan fingerprint density at radius 3 is 3.05 bits per heavy atom. The predicted octanol–water partition coefficient (Wildman–Crippen LogP) is 1.87. The molecule has 4 nitrogen and oxygen atoms in total. The molecule has 1 aromatic rings. The SMILES string of the molecule is COc1ccc2c3c1O[C@@H]1CCCC4(O)[C@H](C2)N(C)CCC314. The van der Waals surface area contributed by atoms with Crippen molar-refractivity contribution < 1.29 is 14.6 Å². The highest BCUT2D eigenvalue weighted by Gasteiger charge is 2.70. The fourth-order valence-electron chi connectivity index (χ4n) is 5.90. The Morgan fingerprint density at radius 1 is 1.36 bits per heavy atom. The van der Waals surface area contributed by atoms with Gasteiger partial charge in [-0.25, -0.2) is 0 Å². The second-order valence-corrected chi connectivity index (χ2v) is 7.48. The van der Waals surface area contributed by atoms with E-state index in [0.29, 0.717) is 0 Å². The lowest BCUT2D eigenvalue weighted by Crippen LogP contribution is -2.74. The first-order valence-electron chi connectivity index (χ1n) is 8.41. The monoisotopic (exact) mass is 301 g/mol. The Bertz CT molecular complexity index is 660. The van der Waals surface area contributed by atoms with E-state index in [1.54, 1.807) is 7.11 Å². The second kappa shape index (κ2) is 3.98. The molecule has 1 N–H and O–H groups in total. The van der Waals surface area contributed by atoms with Crippen LogP contribution < -0.4 is 9.47 Å². The lowest BCUT2D eigenvalue weighted by Gasteiger charge is -2.62. The van der Waals surface area contributed by atoms with Crippen molar-refractivity contribution in [2.75, 3.05) is 20.7 Å². The summed E-state index contributed by atoms with van der Waals surface area (Å²) in [5, 5.41) is 11.8. The fourth-order valence-corrected chi connectivity index (χ4v) is 5.90. The highest BCUT2D eigenvalue weighted by molar-refractivity contribution is 5.62. The smallest absolute Gasteiger partial charge is 0.165 e. The van der Waals surface area contributed by atoms with Crippen LogP contribution in [0.5, 0.6) is 11.5 Å². The van der Waals surface area contributed by atoms with Crippen LogP contribution in [0.4, 0.5) is 0 Å². The van der Waals surface area contributed by atoms with E-state index in [-0.39, 0.29) is 17.6 Å². The molecule has 1 saturated carbocycles. The molecule has 22 heavy (non-hydrogen) atoms. The average molecular weight is 301 g/mol. The summed E-state index contributed by atoms with van der Waals surface area (Å²) in [6.07, 6.45) is 4.96. The van der Waals surface area contributed by atoms with Crippen LogP contribution in [0.3, 0.4) is 0 Å². The molecular formula is C18H23NO3. The summed E-state index contributed by atoms with van der Waals surface area (Å²) in [4.78, 5) is 2.36. The van der Waals surface area contributed by atoms with Gasteiger partial charge in [0.2, 0.25) is 0 Å². The highest BCUT2D eigenvalue weighted by Crippen LogP contribution is 2.65. The Morgan fingerprint density at radius 2 is 2.23 bits per heavy atom. The lowest BCUT2D eigenvalue weighted by molar-refractivity contribution is -0.180. The molecule has 2 fully saturated rings. The van der Waals surface area contributed by atoms with Crippen LogP contribution in [0, 0.1) is 0 Å². The van der Waals surface area contributed by atoms with Crippen molar-refractivity contribution in [3.8, 4) is 11.5 Å². The number of hydrogen-bond donors (Lipinski definition) is 1. The maximum absolute atomic E-state index is 11.8. The second-order valence-electron chi connectivity index (χ2n) is 7.48. The van der Waals surface area contributed by atoms with Crippen LogP contribution in [0.1, 0.15) is 36.8 Å². The molecule has 0 aromatic heterocycles. The van der Waals surface area contributed by atoms with Gasteiger partial charge >= 0.3 is 0 Å². The summed E-state index contributed by atoms with van der Waals surface area (Å²) in [5.41, 5.74) is 1.73. The van der Waals surface area contributed by atoms with E-state index in [4.69, 9.17) is 9.47 Å². The summed E-state index contributed by atoms with van der Waals surface area (Å²) in [6, 6.07) is 4.42. The van der Waals surface area contributed by atoms with Crippen molar-refractivity contribution in [1.82, 2.24) is 4.90 Å². The van der Waals surface area contributed by atoms with Crippen LogP contribution >= 0.6 is 0 Å². The molecule has 0 amide bonds. The third-order valence-electron chi connectivity index (χ3n) is 6.84. The topological polar surface area (TPSA) is 41.9 Å². The lowest BCUT2D eigenvalue weighted by atomic mass is 9.49. The van der Waals surface area contributed by atoms with Gasteiger partial charge in [0, 0.05) is 11.6 Å². The quantitative estimate of drug-likeness (QED) is 0.860. The molecule has 4 aliphatic rings. The molecule has 2 unspecified atom stereocenters. The van der Waals surface area contributed by atoms with Crippen LogP contribution in [0.25, 0.3) is 0 Å². The fraction of sp³-hybridized carbons (Fsp3) is 0.667. The first-order valence-corrected chi connectivity index (χ1v) is 8.41. The summed E-state index contributed by atoms with van der Waals surface area (Å²) >= 11 is 0. The van der Waals surface area contributed by atoms with Crippen molar-refractivity contribution in [3.05, 3.63) is 23.3 Å².